The average molecular weight is 279 g/mol. The SMILES string of the molecule is CC(C)OCCNCc1cc(F)cc(C(F)(F)F)c1. The third-order valence-electron chi connectivity index (χ3n) is 2.34. The molecule has 1 rings (SSSR count). The number of halogens is 4. The fraction of sp³-hybridized carbons (Fsp3) is 0.538. The monoisotopic (exact) mass is 279 g/mol. The van der Waals surface area contributed by atoms with Crippen LogP contribution >= 0.6 is 0 Å². The molecule has 2 nitrogen and oxygen atoms in total. The Labute approximate surface area is 109 Å². The van der Waals surface area contributed by atoms with Crippen molar-refractivity contribution < 1.29 is 22.3 Å². The van der Waals surface area contributed by atoms with E-state index in [0.717, 1.165) is 12.1 Å². The van der Waals surface area contributed by atoms with E-state index in [4.69, 9.17) is 4.74 Å². The smallest absolute Gasteiger partial charge is 0.377 e. The van der Waals surface area contributed by atoms with Crippen LogP contribution in [0, 0.1) is 5.82 Å². The first-order valence-electron chi connectivity index (χ1n) is 5.98. The van der Waals surface area contributed by atoms with Crippen molar-refractivity contribution in [3.63, 3.8) is 0 Å². The Balaban J connectivity index is 2.52. The first-order chi connectivity index (χ1) is 8.79. The molecule has 0 spiro atoms. The van der Waals surface area contributed by atoms with Gasteiger partial charge in [0.2, 0.25) is 0 Å². The molecule has 0 atom stereocenters. The van der Waals surface area contributed by atoms with Gasteiger partial charge in [0, 0.05) is 13.1 Å². The Kier molecular flexibility index (Phi) is 5.75. The lowest BCUT2D eigenvalue weighted by atomic mass is 10.1. The van der Waals surface area contributed by atoms with Gasteiger partial charge in [-0.25, -0.2) is 4.39 Å². The minimum Gasteiger partial charge on any atom is -0.377 e. The zero-order chi connectivity index (χ0) is 14.5. The van der Waals surface area contributed by atoms with Gasteiger partial charge in [-0.15, -0.1) is 0 Å². The highest BCUT2D eigenvalue weighted by molar-refractivity contribution is 5.26. The molecule has 0 bridgehead atoms. The van der Waals surface area contributed by atoms with E-state index in [1.165, 1.54) is 0 Å². The summed E-state index contributed by atoms with van der Waals surface area (Å²) in [5.41, 5.74) is -0.709. The van der Waals surface area contributed by atoms with Gasteiger partial charge in [-0.3, -0.25) is 0 Å². The minimum absolute atomic E-state index is 0.104. The molecule has 0 radical (unpaired) electrons. The highest BCUT2D eigenvalue weighted by Gasteiger charge is 2.31. The summed E-state index contributed by atoms with van der Waals surface area (Å²) < 4.78 is 55.8. The maximum Gasteiger partial charge on any atom is 0.416 e. The molecule has 19 heavy (non-hydrogen) atoms. The molecule has 0 aliphatic carbocycles. The Morgan fingerprint density at radius 3 is 2.47 bits per heavy atom. The van der Waals surface area contributed by atoms with Crippen molar-refractivity contribution in [3.8, 4) is 0 Å². The Bertz CT molecular complexity index is 404. The Morgan fingerprint density at radius 1 is 1.21 bits per heavy atom. The number of rotatable bonds is 6. The second-order valence-electron chi connectivity index (χ2n) is 4.44. The highest BCUT2D eigenvalue weighted by Crippen LogP contribution is 2.30. The van der Waals surface area contributed by atoms with E-state index in [1.54, 1.807) is 0 Å². The lowest BCUT2D eigenvalue weighted by Gasteiger charge is -2.11. The number of alkyl halides is 3. The van der Waals surface area contributed by atoms with Crippen molar-refractivity contribution in [3.05, 3.63) is 35.1 Å². The van der Waals surface area contributed by atoms with Gasteiger partial charge in [-0.05, 0) is 37.6 Å². The van der Waals surface area contributed by atoms with Crippen LogP contribution in [0.15, 0.2) is 18.2 Å². The maximum atomic E-state index is 13.1. The van der Waals surface area contributed by atoms with Crippen LogP contribution < -0.4 is 5.32 Å². The number of nitrogens with one attached hydrogen (secondary N) is 1. The topological polar surface area (TPSA) is 21.3 Å². The van der Waals surface area contributed by atoms with Crippen LogP contribution in [0.25, 0.3) is 0 Å². The normalized spacial score (nSPS) is 12.2. The van der Waals surface area contributed by atoms with Crippen molar-refractivity contribution in [2.24, 2.45) is 0 Å². The zero-order valence-electron chi connectivity index (χ0n) is 10.9. The molecule has 0 amide bonds. The number of hydrogen-bond donors (Lipinski definition) is 1. The minimum atomic E-state index is -4.53. The second kappa shape index (κ2) is 6.86. The van der Waals surface area contributed by atoms with Crippen molar-refractivity contribution in [1.29, 1.82) is 0 Å². The highest BCUT2D eigenvalue weighted by atomic mass is 19.4. The third-order valence-corrected chi connectivity index (χ3v) is 2.34. The molecule has 6 heteroatoms. The number of hydrogen-bond acceptors (Lipinski definition) is 2. The molecule has 0 saturated heterocycles. The molecule has 1 N–H and O–H groups in total. The van der Waals surface area contributed by atoms with Gasteiger partial charge in [0.25, 0.3) is 0 Å². The summed E-state index contributed by atoms with van der Waals surface area (Å²) in [6.07, 6.45) is -4.43. The quantitative estimate of drug-likeness (QED) is 0.637. The van der Waals surface area contributed by atoms with Gasteiger partial charge in [0.15, 0.2) is 0 Å². The van der Waals surface area contributed by atoms with Crippen LogP contribution in [0.2, 0.25) is 0 Å². The van der Waals surface area contributed by atoms with E-state index in [0.29, 0.717) is 19.2 Å². The molecule has 1 aromatic carbocycles. The molecular weight excluding hydrogens is 262 g/mol. The third kappa shape index (κ3) is 6.02. The fourth-order valence-corrected chi connectivity index (χ4v) is 1.52. The summed E-state index contributed by atoms with van der Waals surface area (Å²) >= 11 is 0. The van der Waals surface area contributed by atoms with Crippen LogP contribution in [0.3, 0.4) is 0 Å². The molecule has 0 saturated carbocycles. The van der Waals surface area contributed by atoms with Crippen LogP contribution in [-0.2, 0) is 17.5 Å². The molecule has 0 aliphatic rings. The van der Waals surface area contributed by atoms with Crippen molar-refractivity contribution in [2.75, 3.05) is 13.2 Å². The number of benzene rings is 1. The zero-order valence-corrected chi connectivity index (χ0v) is 10.9. The maximum absolute atomic E-state index is 13.1. The van der Waals surface area contributed by atoms with Crippen molar-refractivity contribution in [2.45, 2.75) is 32.7 Å². The molecular formula is C13H17F4NO. The van der Waals surface area contributed by atoms with Crippen LogP contribution in [-0.4, -0.2) is 19.3 Å². The molecule has 0 fully saturated rings. The average Bonchev–Trinajstić information content (AvgIpc) is 2.26. The van der Waals surface area contributed by atoms with Gasteiger partial charge in [-0.1, -0.05) is 0 Å². The van der Waals surface area contributed by atoms with Gasteiger partial charge in [-0.2, -0.15) is 13.2 Å². The van der Waals surface area contributed by atoms with E-state index in [-0.39, 0.29) is 18.2 Å². The van der Waals surface area contributed by atoms with E-state index >= 15 is 0 Å². The summed E-state index contributed by atoms with van der Waals surface area (Å²) in [6.45, 7) is 4.90. The van der Waals surface area contributed by atoms with Gasteiger partial charge < -0.3 is 10.1 Å². The van der Waals surface area contributed by atoms with E-state index in [9.17, 15) is 17.6 Å². The fourth-order valence-electron chi connectivity index (χ4n) is 1.52. The van der Waals surface area contributed by atoms with Crippen LogP contribution in [0.5, 0.6) is 0 Å². The van der Waals surface area contributed by atoms with Gasteiger partial charge in [0.05, 0.1) is 18.3 Å². The van der Waals surface area contributed by atoms with E-state index in [2.05, 4.69) is 5.32 Å². The standard InChI is InChI=1S/C13H17F4NO/c1-9(2)19-4-3-18-8-10-5-11(13(15,16)17)7-12(14)6-10/h5-7,9,18H,3-4,8H2,1-2H3. The first kappa shape index (κ1) is 15.9. The number of ether oxygens (including phenoxy) is 1. The predicted molar refractivity (Wildman–Crippen MR) is 64.2 cm³/mol. The molecule has 1 aromatic rings. The van der Waals surface area contributed by atoms with E-state index in [1.807, 2.05) is 13.8 Å². The Hall–Kier alpha value is -1.14. The first-order valence-corrected chi connectivity index (χ1v) is 5.98. The molecule has 0 heterocycles. The summed E-state index contributed by atoms with van der Waals surface area (Å²) in [5, 5.41) is 2.90. The summed E-state index contributed by atoms with van der Waals surface area (Å²) in [4.78, 5) is 0. The summed E-state index contributed by atoms with van der Waals surface area (Å²) in [7, 11) is 0. The summed E-state index contributed by atoms with van der Waals surface area (Å²) in [5.74, 6) is -0.884. The van der Waals surface area contributed by atoms with Crippen LogP contribution in [0.1, 0.15) is 25.0 Å². The van der Waals surface area contributed by atoms with Crippen molar-refractivity contribution >= 4 is 0 Å². The second-order valence-corrected chi connectivity index (χ2v) is 4.44. The van der Waals surface area contributed by atoms with E-state index < -0.39 is 17.6 Å². The lowest BCUT2D eigenvalue weighted by molar-refractivity contribution is -0.137. The van der Waals surface area contributed by atoms with Crippen molar-refractivity contribution in [1.82, 2.24) is 5.32 Å². The largest absolute Gasteiger partial charge is 0.416 e. The summed E-state index contributed by atoms with van der Waals surface area (Å²) in [6, 6.07) is 2.52. The Morgan fingerprint density at radius 2 is 1.89 bits per heavy atom. The van der Waals surface area contributed by atoms with Gasteiger partial charge in [0.1, 0.15) is 5.82 Å². The molecule has 108 valence electrons. The predicted octanol–water partition coefficient (Wildman–Crippen LogP) is 3.36. The van der Waals surface area contributed by atoms with Gasteiger partial charge >= 0.3 is 6.18 Å². The van der Waals surface area contributed by atoms with Crippen LogP contribution in [0.4, 0.5) is 17.6 Å². The molecule has 0 aliphatic heterocycles. The molecule has 0 aromatic heterocycles. The lowest BCUT2D eigenvalue weighted by Crippen LogP contribution is -2.21. The molecule has 0 unspecified atom stereocenters.